The van der Waals surface area contributed by atoms with Crippen molar-refractivity contribution in [2.24, 2.45) is 0 Å². The third-order valence-corrected chi connectivity index (χ3v) is 4.28. The number of alkyl halides is 1. The van der Waals surface area contributed by atoms with Crippen molar-refractivity contribution in [1.29, 1.82) is 0 Å². The third-order valence-electron chi connectivity index (χ3n) is 4.06. The van der Waals surface area contributed by atoms with E-state index in [0.717, 1.165) is 22.5 Å². The first-order chi connectivity index (χ1) is 11.6. The standard InChI is InChI=1S/C19H19ClN2O2/c1-12-9-14(24-17(23)11-20)10-13(2)18(12)19(15-5-3-7-21-15)16-6-4-8-22-16/h3-10,19,21-22H,11H2,1-2H3. The van der Waals surface area contributed by atoms with Crippen LogP contribution in [0.3, 0.4) is 0 Å². The Morgan fingerprint density at radius 2 is 1.62 bits per heavy atom. The number of benzene rings is 1. The highest BCUT2D eigenvalue weighted by Gasteiger charge is 2.23. The van der Waals surface area contributed by atoms with Gasteiger partial charge in [0.15, 0.2) is 0 Å². The molecule has 0 atom stereocenters. The molecule has 2 aromatic heterocycles. The average Bonchev–Trinajstić information content (AvgIpc) is 3.24. The normalized spacial score (nSPS) is 11.0. The van der Waals surface area contributed by atoms with Crippen LogP contribution in [-0.2, 0) is 4.79 Å². The summed E-state index contributed by atoms with van der Waals surface area (Å²) in [5, 5.41) is 0. The Bertz CT molecular complexity index is 766. The Labute approximate surface area is 145 Å². The van der Waals surface area contributed by atoms with Gasteiger partial charge in [0.05, 0.1) is 5.92 Å². The number of aromatic nitrogens is 2. The minimum Gasteiger partial charge on any atom is -0.426 e. The predicted molar refractivity (Wildman–Crippen MR) is 94.8 cm³/mol. The summed E-state index contributed by atoms with van der Waals surface area (Å²) in [5.74, 6) is -0.0228. The molecular formula is C19H19ClN2O2. The molecule has 4 nitrogen and oxygen atoms in total. The van der Waals surface area contributed by atoms with Crippen LogP contribution in [0.5, 0.6) is 5.75 Å². The second kappa shape index (κ2) is 6.97. The van der Waals surface area contributed by atoms with Gasteiger partial charge in [0, 0.05) is 23.8 Å². The molecule has 2 N–H and O–H groups in total. The van der Waals surface area contributed by atoms with Crippen LogP contribution in [0, 0.1) is 13.8 Å². The van der Waals surface area contributed by atoms with Gasteiger partial charge < -0.3 is 14.7 Å². The molecule has 0 unspecified atom stereocenters. The Kier molecular flexibility index (Phi) is 4.76. The second-order valence-electron chi connectivity index (χ2n) is 5.76. The van der Waals surface area contributed by atoms with Crippen molar-refractivity contribution in [2.45, 2.75) is 19.8 Å². The molecule has 0 amide bonds. The highest BCUT2D eigenvalue weighted by molar-refractivity contribution is 6.26. The van der Waals surface area contributed by atoms with Gasteiger partial charge in [-0.3, -0.25) is 4.79 Å². The number of halogens is 1. The summed E-state index contributed by atoms with van der Waals surface area (Å²) < 4.78 is 5.25. The number of hydrogen-bond donors (Lipinski definition) is 2. The van der Waals surface area contributed by atoms with Crippen LogP contribution in [0.4, 0.5) is 0 Å². The fraction of sp³-hybridized carbons (Fsp3) is 0.211. The van der Waals surface area contributed by atoms with Crippen molar-refractivity contribution in [2.75, 3.05) is 5.88 Å². The Morgan fingerprint density at radius 1 is 1.08 bits per heavy atom. The monoisotopic (exact) mass is 342 g/mol. The van der Waals surface area contributed by atoms with Crippen LogP contribution in [-0.4, -0.2) is 21.8 Å². The SMILES string of the molecule is Cc1cc(OC(=O)CCl)cc(C)c1C(c1ccc[nH]1)c1ccc[nH]1. The summed E-state index contributed by atoms with van der Waals surface area (Å²) in [6, 6.07) is 11.9. The van der Waals surface area contributed by atoms with Crippen LogP contribution in [0.25, 0.3) is 0 Å². The average molecular weight is 343 g/mol. The fourth-order valence-corrected chi connectivity index (χ4v) is 3.19. The molecule has 0 aliphatic rings. The number of aryl methyl sites for hydroxylation is 2. The van der Waals surface area contributed by atoms with E-state index < -0.39 is 5.97 Å². The van der Waals surface area contributed by atoms with Gasteiger partial charge in [0.25, 0.3) is 0 Å². The van der Waals surface area contributed by atoms with Crippen LogP contribution < -0.4 is 4.74 Å². The van der Waals surface area contributed by atoms with Crippen LogP contribution in [0.15, 0.2) is 48.8 Å². The minimum absolute atomic E-state index is 0.0628. The third kappa shape index (κ3) is 3.24. The fourth-order valence-electron chi connectivity index (χ4n) is 3.13. The quantitative estimate of drug-likeness (QED) is 0.413. The zero-order valence-corrected chi connectivity index (χ0v) is 14.4. The number of carbonyl (C=O) groups excluding carboxylic acids is 1. The summed E-state index contributed by atoms with van der Waals surface area (Å²) in [5.41, 5.74) is 5.51. The second-order valence-corrected chi connectivity index (χ2v) is 6.03. The van der Waals surface area contributed by atoms with E-state index in [4.69, 9.17) is 16.3 Å². The van der Waals surface area contributed by atoms with Crippen molar-refractivity contribution < 1.29 is 9.53 Å². The number of esters is 1. The number of H-pyrrole nitrogens is 2. The molecule has 3 rings (SSSR count). The van der Waals surface area contributed by atoms with Crippen molar-refractivity contribution in [1.82, 2.24) is 9.97 Å². The first-order valence-corrected chi connectivity index (χ1v) is 8.28. The van der Waals surface area contributed by atoms with Crippen molar-refractivity contribution >= 4 is 17.6 Å². The molecule has 2 heterocycles. The Morgan fingerprint density at radius 3 is 2.04 bits per heavy atom. The van der Waals surface area contributed by atoms with Gasteiger partial charge in [-0.1, -0.05) is 0 Å². The summed E-state index contributed by atoms with van der Waals surface area (Å²) in [4.78, 5) is 18.1. The van der Waals surface area contributed by atoms with Crippen molar-refractivity contribution in [3.05, 3.63) is 76.9 Å². The largest absolute Gasteiger partial charge is 0.426 e. The van der Waals surface area contributed by atoms with E-state index in [1.165, 1.54) is 5.56 Å². The summed E-state index contributed by atoms with van der Waals surface area (Å²) in [7, 11) is 0. The number of ether oxygens (including phenoxy) is 1. The lowest BCUT2D eigenvalue weighted by atomic mass is 9.86. The van der Waals surface area contributed by atoms with E-state index in [9.17, 15) is 4.79 Å². The molecule has 0 fully saturated rings. The molecule has 0 radical (unpaired) electrons. The zero-order chi connectivity index (χ0) is 17.1. The lowest BCUT2D eigenvalue weighted by Gasteiger charge is -2.21. The molecule has 1 aromatic carbocycles. The Hall–Kier alpha value is -2.46. The van der Waals surface area contributed by atoms with Gasteiger partial charge in [-0.25, -0.2) is 0 Å². The molecule has 0 spiro atoms. The highest BCUT2D eigenvalue weighted by Crippen LogP contribution is 2.36. The molecule has 0 aliphatic heterocycles. The van der Waals surface area contributed by atoms with Crippen LogP contribution >= 0.6 is 11.6 Å². The van der Waals surface area contributed by atoms with E-state index in [1.807, 2.05) is 50.5 Å². The van der Waals surface area contributed by atoms with Crippen molar-refractivity contribution in [3.8, 4) is 5.75 Å². The number of aromatic amines is 2. The number of nitrogens with one attached hydrogen (secondary N) is 2. The summed E-state index contributed by atoms with van der Waals surface area (Å²) >= 11 is 5.52. The molecule has 0 saturated carbocycles. The van der Waals surface area contributed by atoms with Gasteiger partial charge in [0.2, 0.25) is 0 Å². The molecule has 0 bridgehead atoms. The van der Waals surface area contributed by atoms with Gasteiger partial charge in [-0.15, -0.1) is 11.6 Å². The predicted octanol–water partition coefficient (Wildman–Crippen LogP) is 4.28. The van der Waals surface area contributed by atoms with E-state index in [2.05, 4.69) is 22.1 Å². The topological polar surface area (TPSA) is 57.9 Å². The van der Waals surface area contributed by atoms with Gasteiger partial charge in [-0.05, 0) is 66.9 Å². The highest BCUT2D eigenvalue weighted by atomic mass is 35.5. The first-order valence-electron chi connectivity index (χ1n) is 7.74. The smallest absolute Gasteiger partial charge is 0.326 e. The van der Waals surface area contributed by atoms with Crippen LogP contribution in [0.2, 0.25) is 0 Å². The van der Waals surface area contributed by atoms with E-state index in [1.54, 1.807) is 0 Å². The van der Waals surface area contributed by atoms with E-state index in [0.29, 0.717) is 5.75 Å². The Balaban J connectivity index is 2.07. The van der Waals surface area contributed by atoms with Crippen molar-refractivity contribution in [3.63, 3.8) is 0 Å². The van der Waals surface area contributed by atoms with Gasteiger partial charge in [0.1, 0.15) is 11.6 Å². The maximum atomic E-state index is 11.4. The van der Waals surface area contributed by atoms with E-state index in [-0.39, 0.29) is 11.8 Å². The maximum absolute atomic E-state index is 11.4. The lowest BCUT2D eigenvalue weighted by Crippen LogP contribution is -2.12. The maximum Gasteiger partial charge on any atom is 0.326 e. The molecule has 124 valence electrons. The van der Waals surface area contributed by atoms with Crippen LogP contribution in [0.1, 0.15) is 34.0 Å². The molecule has 0 saturated heterocycles. The lowest BCUT2D eigenvalue weighted by molar-refractivity contribution is -0.131. The molecular weight excluding hydrogens is 324 g/mol. The van der Waals surface area contributed by atoms with Gasteiger partial charge in [-0.2, -0.15) is 0 Å². The molecule has 5 heteroatoms. The van der Waals surface area contributed by atoms with E-state index >= 15 is 0 Å². The minimum atomic E-state index is -0.450. The summed E-state index contributed by atoms with van der Waals surface area (Å²) in [6.07, 6.45) is 3.85. The zero-order valence-electron chi connectivity index (χ0n) is 13.6. The number of carbonyl (C=O) groups is 1. The van der Waals surface area contributed by atoms with Gasteiger partial charge >= 0.3 is 5.97 Å². The summed E-state index contributed by atoms with van der Waals surface area (Å²) in [6.45, 7) is 4.05. The molecule has 3 aromatic rings. The molecule has 24 heavy (non-hydrogen) atoms. The first kappa shape index (κ1) is 16.4. The number of hydrogen-bond acceptors (Lipinski definition) is 2. The number of rotatable bonds is 5. The molecule has 0 aliphatic carbocycles.